The van der Waals surface area contributed by atoms with Crippen LogP contribution >= 0.6 is 0 Å². The zero-order chi connectivity index (χ0) is 17.7. The van der Waals surface area contributed by atoms with Crippen LogP contribution in [0.2, 0.25) is 0 Å². The molecule has 6 nitrogen and oxygen atoms in total. The highest BCUT2D eigenvalue weighted by Gasteiger charge is 2.45. The van der Waals surface area contributed by atoms with Gasteiger partial charge < -0.3 is 15.0 Å². The first-order valence-electron chi connectivity index (χ1n) is 8.10. The Kier molecular flexibility index (Phi) is 5.59. The summed E-state index contributed by atoms with van der Waals surface area (Å²) in [6.45, 7) is 3.96. The predicted molar refractivity (Wildman–Crippen MR) is 89.2 cm³/mol. The molecule has 1 atom stereocenters. The van der Waals surface area contributed by atoms with E-state index in [1.807, 2.05) is 30.3 Å². The molecule has 0 saturated carbocycles. The summed E-state index contributed by atoms with van der Waals surface area (Å²) in [4.78, 5) is 37.7. The van der Waals surface area contributed by atoms with Crippen LogP contribution in [0, 0.1) is 0 Å². The number of benzene rings is 1. The average Bonchev–Trinajstić information content (AvgIpc) is 2.60. The van der Waals surface area contributed by atoms with E-state index in [4.69, 9.17) is 4.74 Å². The number of esters is 1. The van der Waals surface area contributed by atoms with Crippen molar-refractivity contribution < 1.29 is 19.1 Å². The fourth-order valence-corrected chi connectivity index (χ4v) is 3.31. The molecule has 0 bridgehead atoms. The van der Waals surface area contributed by atoms with E-state index >= 15 is 0 Å². The van der Waals surface area contributed by atoms with Gasteiger partial charge in [-0.25, -0.2) is 0 Å². The Labute approximate surface area is 142 Å². The molecule has 0 aromatic heterocycles. The Hall–Kier alpha value is -2.37. The summed E-state index contributed by atoms with van der Waals surface area (Å²) in [5, 5.41) is 2.60. The summed E-state index contributed by atoms with van der Waals surface area (Å²) in [5.74, 6) is -0.631. The number of amides is 2. The van der Waals surface area contributed by atoms with E-state index in [0.717, 1.165) is 5.56 Å². The lowest BCUT2D eigenvalue weighted by Gasteiger charge is -2.40. The maximum absolute atomic E-state index is 12.5. The first-order chi connectivity index (χ1) is 11.4. The standard InChI is InChI=1S/C18H24N2O4/c1-13(19-14(2)21)16(22)20-11-9-18(10-12-20,17(23)24-3)15-7-5-4-6-8-15/h4-8,13H,9-12H2,1-3H3,(H,19,21)/t13-/m1/s1. The van der Waals surface area contributed by atoms with Gasteiger partial charge in [0.2, 0.25) is 11.8 Å². The average molecular weight is 332 g/mol. The Balaban J connectivity index is 2.14. The number of rotatable bonds is 4. The summed E-state index contributed by atoms with van der Waals surface area (Å²) in [6.07, 6.45) is 1.00. The van der Waals surface area contributed by atoms with Gasteiger partial charge in [0.15, 0.2) is 0 Å². The lowest BCUT2D eigenvalue weighted by Crippen LogP contribution is -2.53. The summed E-state index contributed by atoms with van der Waals surface area (Å²) < 4.78 is 5.04. The SMILES string of the molecule is COC(=O)C1(c2ccccc2)CCN(C(=O)[C@@H](C)NC(C)=O)CC1. The van der Waals surface area contributed by atoms with Gasteiger partial charge in [0.05, 0.1) is 12.5 Å². The molecule has 24 heavy (non-hydrogen) atoms. The fraction of sp³-hybridized carbons (Fsp3) is 0.500. The van der Waals surface area contributed by atoms with Gasteiger partial charge in [-0.05, 0) is 25.3 Å². The molecule has 6 heteroatoms. The molecule has 1 aromatic rings. The van der Waals surface area contributed by atoms with Crippen LogP contribution in [0.5, 0.6) is 0 Å². The van der Waals surface area contributed by atoms with E-state index in [0.29, 0.717) is 25.9 Å². The van der Waals surface area contributed by atoms with Crippen LogP contribution in [0.4, 0.5) is 0 Å². The van der Waals surface area contributed by atoms with Crippen LogP contribution in [0.25, 0.3) is 0 Å². The van der Waals surface area contributed by atoms with Gasteiger partial charge in [0, 0.05) is 20.0 Å². The van der Waals surface area contributed by atoms with Crippen molar-refractivity contribution in [2.75, 3.05) is 20.2 Å². The van der Waals surface area contributed by atoms with Crippen molar-refractivity contribution in [2.45, 2.75) is 38.1 Å². The summed E-state index contributed by atoms with van der Waals surface area (Å²) in [7, 11) is 1.39. The number of methoxy groups -OCH3 is 1. The molecule has 0 radical (unpaired) electrons. The van der Waals surface area contributed by atoms with Gasteiger partial charge >= 0.3 is 5.97 Å². The highest BCUT2D eigenvalue weighted by Crippen LogP contribution is 2.36. The smallest absolute Gasteiger partial charge is 0.316 e. The van der Waals surface area contributed by atoms with Crippen LogP contribution in [-0.4, -0.2) is 48.9 Å². The number of piperidine rings is 1. The van der Waals surface area contributed by atoms with Gasteiger partial charge in [0.25, 0.3) is 0 Å². The van der Waals surface area contributed by atoms with E-state index in [1.54, 1.807) is 11.8 Å². The number of hydrogen-bond donors (Lipinski definition) is 1. The topological polar surface area (TPSA) is 75.7 Å². The number of nitrogens with zero attached hydrogens (tertiary/aromatic N) is 1. The minimum absolute atomic E-state index is 0.128. The molecule has 1 aliphatic heterocycles. The van der Waals surface area contributed by atoms with Crippen LogP contribution in [0.3, 0.4) is 0 Å². The summed E-state index contributed by atoms with van der Waals surface area (Å²) in [6, 6.07) is 8.99. The Morgan fingerprint density at radius 2 is 1.75 bits per heavy atom. The Morgan fingerprint density at radius 1 is 1.17 bits per heavy atom. The Bertz CT molecular complexity index is 607. The highest BCUT2D eigenvalue weighted by molar-refractivity contribution is 5.87. The van der Waals surface area contributed by atoms with E-state index in [2.05, 4.69) is 5.32 Å². The molecule has 1 N–H and O–H groups in total. The fourth-order valence-electron chi connectivity index (χ4n) is 3.31. The van der Waals surface area contributed by atoms with Gasteiger partial charge in [-0.3, -0.25) is 14.4 Å². The zero-order valence-electron chi connectivity index (χ0n) is 14.4. The van der Waals surface area contributed by atoms with Gasteiger partial charge in [-0.2, -0.15) is 0 Å². The van der Waals surface area contributed by atoms with Crippen molar-refractivity contribution in [1.29, 1.82) is 0 Å². The zero-order valence-corrected chi connectivity index (χ0v) is 14.4. The second kappa shape index (κ2) is 7.47. The molecule has 1 fully saturated rings. The van der Waals surface area contributed by atoms with Crippen LogP contribution in [0.1, 0.15) is 32.3 Å². The number of carbonyl (C=O) groups is 3. The molecule has 0 spiro atoms. The normalized spacial score (nSPS) is 17.7. The van der Waals surface area contributed by atoms with Gasteiger partial charge in [0.1, 0.15) is 6.04 Å². The number of likely N-dealkylation sites (tertiary alicyclic amines) is 1. The maximum atomic E-state index is 12.5. The quantitative estimate of drug-likeness (QED) is 0.842. The molecule has 0 aliphatic carbocycles. The summed E-state index contributed by atoms with van der Waals surface area (Å²) >= 11 is 0. The predicted octanol–water partition coefficient (Wildman–Crippen LogP) is 1.24. The molecule has 1 aliphatic rings. The van der Waals surface area contributed by atoms with Crippen LogP contribution in [-0.2, 0) is 24.5 Å². The van der Waals surface area contributed by atoms with Crippen molar-refractivity contribution in [2.24, 2.45) is 0 Å². The van der Waals surface area contributed by atoms with Crippen LogP contribution in [0.15, 0.2) is 30.3 Å². The minimum atomic E-state index is -0.718. The lowest BCUT2D eigenvalue weighted by molar-refractivity contribution is -0.152. The van der Waals surface area contributed by atoms with Gasteiger partial charge in [-0.15, -0.1) is 0 Å². The van der Waals surface area contributed by atoms with Crippen LogP contribution < -0.4 is 5.32 Å². The van der Waals surface area contributed by atoms with Crippen molar-refractivity contribution >= 4 is 17.8 Å². The van der Waals surface area contributed by atoms with E-state index in [1.165, 1.54) is 14.0 Å². The molecule has 2 amide bonds. The third-order valence-electron chi connectivity index (χ3n) is 4.62. The second-order valence-corrected chi connectivity index (χ2v) is 6.19. The van der Waals surface area contributed by atoms with Crippen molar-refractivity contribution in [3.8, 4) is 0 Å². The summed E-state index contributed by atoms with van der Waals surface area (Å²) in [5.41, 5.74) is 0.197. The number of carbonyl (C=O) groups excluding carboxylic acids is 3. The van der Waals surface area contributed by atoms with Gasteiger partial charge in [-0.1, -0.05) is 30.3 Å². The molecule has 1 heterocycles. The molecule has 2 rings (SSSR count). The lowest BCUT2D eigenvalue weighted by atomic mass is 9.72. The minimum Gasteiger partial charge on any atom is -0.468 e. The van der Waals surface area contributed by atoms with E-state index in [9.17, 15) is 14.4 Å². The third-order valence-corrected chi connectivity index (χ3v) is 4.62. The van der Waals surface area contributed by atoms with E-state index in [-0.39, 0.29) is 17.8 Å². The number of ether oxygens (including phenoxy) is 1. The number of nitrogens with one attached hydrogen (secondary N) is 1. The second-order valence-electron chi connectivity index (χ2n) is 6.19. The largest absolute Gasteiger partial charge is 0.468 e. The molecular weight excluding hydrogens is 308 g/mol. The van der Waals surface area contributed by atoms with E-state index < -0.39 is 11.5 Å². The molecule has 1 aromatic carbocycles. The van der Waals surface area contributed by atoms with Crippen molar-refractivity contribution in [3.05, 3.63) is 35.9 Å². The first kappa shape index (κ1) is 18.0. The molecular formula is C18H24N2O4. The van der Waals surface area contributed by atoms with Crippen molar-refractivity contribution in [3.63, 3.8) is 0 Å². The monoisotopic (exact) mass is 332 g/mol. The molecule has 0 unspecified atom stereocenters. The maximum Gasteiger partial charge on any atom is 0.316 e. The van der Waals surface area contributed by atoms with Crippen molar-refractivity contribution in [1.82, 2.24) is 10.2 Å². The highest BCUT2D eigenvalue weighted by atomic mass is 16.5. The Morgan fingerprint density at radius 3 is 2.25 bits per heavy atom. The molecule has 130 valence electrons. The first-order valence-corrected chi connectivity index (χ1v) is 8.10. The number of hydrogen-bond acceptors (Lipinski definition) is 4. The third kappa shape index (κ3) is 3.58. The molecule has 1 saturated heterocycles.